The Labute approximate surface area is 114 Å². The highest BCUT2D eigenvalue weighted by atomic mass is 35.5. The second kappa shape index (κ2) is 6.75. The lowest BCUT2D eigenvalue weighted by Gasteiger charge is -2.09. The molecule has 0 fully saturated rings. The molecule has 0 heterocycles. The highest BCUT2D eigenvalue weighted by Crippen LogP contribution is 2.21. The summed E-state index contributed by atoms with van der Waals surface area (Å²) in [5, 5.41) is 11.2. The number of hydrogen-bond acceptors (Lipinski definition) is 4. The minimum absolute atomic E-state index is 0.110. The van der Waals surface area contributed by atoms with E-state index in [0.29, 0.717) is 5.02 Å². The number of benzene rings is 1. The summed E-state index contributed by atoms with van der Waals surface area (Å²) in [4.78, 5) is 33.4. The van der Waals surface area contributed by atoms with E-state index in [0.717, 1.165) is 0 Å². The molecule has 0 aliphatic rings. The fraction of sp³-hybridized carbons (Fsp3) is 0.250. The number of carboxylic acids is 1. The minimum atomic E-state index is -1.07. The predicted octanol–water partition coefficient (Wildman–Crippen LogP) is 1.93. The highest BCUT2D eigenvalue weighted by Gasteiger charge is 2.15. The van der Waals surface area contributed by atoms with E-state index >= 15 is 0 Å². The van der Waals surface area contributed by atoms with Gasteiger partial charge in [-0.2, -0.15) is 0 Å². The van der Waals surface area contributed by atoms with Gasteiger partial charge in [0.2, 0.25) is 5.91 Å². The summed E-state index contributed by atoms with van der Waals surface area (Å²) in [6.07, 6.45) is -0.467. The number of anilines is 1. The smallest absolute Gasteiger partial charge is 0.340 e. The first-order valence-electron chi connectivity index (χ1n) is 5.33. The van der Waals surface area contributed by atoms with Crippen LogP contribution in [0.3, 0.4) is 0 Å². The normalized spacial score (nSPS) is 9.79. The summed E-state index contributed by atoms with van der Waals surface area (Å²) in [7, 11) is 1.21. The molecule has 2 N–H and O–H groups in total. The van der Waals surface area contributed by atoms with Gasteiger partial charge in [-0.25, -0.2) is 4.79 Å². The predicted molar refractivity (Wildman–Crippen MR) is 68.3 cm³/mol. The number of carbonyl (C=O) groups is 3. The van der Waals surface area contributed by atoms with Gasteiger partial charge < -0.3 is 15.2 Å². The van der Waals surface area contributed by atoms with Gasteiger partial charge in [0.1, 0.15) is 0 Å². The first kappa shape index (κ1) is 15.0. The third-order valence-corrected chi connectivity index (χ3v) is 2.46. The summed E-state index contributed by atoms with van der Waals surface area (Å²) >= 11 is 5.76. The number of nitrogens with one attached hydrogen (secondary N) is 1. The zero-order valence-electron chi connectivity index (χ0n) is 10.1. The molecule has 1 aromatic carbocycles. The summed E-state index contributed by atoms with van der Waals surface area (Å²) in [6.45, 7) is 0. The van der Waals surface area contributed by atoms with Crippen LogP contribution in [0.25, 0.3) is 0 Å². The van der Waals surface area contributed by atoms with Gasteiger partial charge in [0.25, 0.3) is 0 Å². The number of rotatable bonds is 5. The Morgan fingerprint density at radius 1 is 1.32 bits per heavy atom. The van der Waals surface area contributed by atoms with Crippen molar-refractivity contribution in [3.8, 4) is 0 Å². The number of methoxy groups -OCH3 is 1. The van der Waals surface area contributed by atoms with Crippen LogP contribution in [0.1, 0.15) is 23.2 Å². The molecule has 0 aliphatic carbocycles. The summed E-state index contributed by atoms with van der Waals surface area (Å²) < 4.78 is 4.57. The Morgan fingerprint density at radius 2 is 2.00 bits per heavy atom. The van der Waals surface area contributed by atoms with Gasteiger partial charge in [0.15, 0.2) is 0 Å². The summed E-state index contributed by atoms with van der Waals surface area (Å²) in [6, 6.07) is 4.31. The topological polar surface area (TPSA) is 92.7 Å². The molecule has 0 bridgehead atoms. The average Bonchev–Trinajstić information content (AvgIpc) is 2.37. The Balaban J connectivity index is 2.85. The lowest BCUT2D eigenvalue weighted by atomic mass is 10.1. The van der Waals surface area contributed by atoms with Crippen molar-refractivity contribution in [2.45, 2.75) is 12.8 Å². The molecule has 1 amide bonds. The summed E-state index contributed by atoms with van der Waals surface area (Å²) in [5.41, 5.74) is 0.338. The Bertz CT molecular complexity index is 515. The maximum atomic E-state index is 11.5. The minimum Gasteiger partial charge on any atom is -0.481 e. The Kier molecular flexibility index (Phi) is 5.32. The van der Waals surface area contributed by atoms with Crippen LogP contribution in [0, 0.1) is 0 Å². The molecule has 0 unspecified atom stereocenters. The largest absolute Gasteiger partial charge is 0.481 e. The van der Waals surface area contributed by atoms with Crippen LogP contribution in [0.15, 0.2) is 18.2 Å². The van der Waals surface area contributed by atoms with Crippen molar-refractivity contribution < 1.29 is 24.2 Å². The number of amides is 1. The number of ether oxygens (including phenoxy) is 1. The second-order valence-corrected chi connectivity index (χ2v) is 4.06. The molecular weight excluding hydrogens is 274 g/mol. The molecule has 0 atom stereocenters. The lowest BCUT2D eigenvalue weighted by Crippen LogP contribution is -2.16. The molecule has 19 heavy (non-hydrogen) atoms. The van der Waals surface area contributed by atoms with E-state index in [2.05, 4.69) is 10.1 Å². The lowest BCUT2D eigenvalue weighted by molar-refractivity contribution is -0.138. The van der Waals surface area contributed by atoms with Gasteiger partial charge in [-0.15, -0.1) is 0 Å². The molecule has 1 rings (SSSR count). The van der Waals surface area contributed by atoms with Crippen molar-refractivity contribution in [3.05, 3.63) is 28.8 Å². The number of halogens is 1. The van der Waals surface area contributed by atoms with E-state index in [4.69, 9.17) is 16.7 Å². The number of carbonyl (C=O) groups excluding carboxylic acids is 2. The van der Waals surface area contributed by atoms with Crippen molar-refractivity contribution >= 4 is 35.1 Å². The number of aliphatic carboxylic acids is 1. The van der Waals surface area contributed by atoms with Gasteiger partial charge in [0, 0.05) is 11.4 Å². The molecule has 1 aromatic rings. The molecule has 0 saturated carbocycles. The summed E-state index contributed by atoms with van der Waals surface area (Å²) in [5.74, 6) is -2.22. The average molecular weight is 286 g/mol. The fourth-order valence-corrected chi connectivity index (χ4v) is 1.51. The van der Waals surface area contributed by atoms with E-state index in [1.165, 1.54) is 25.3 Å². The SMILES string of the molecule is COC(=O)c1cc(Cl)ccc1NC(=O)CCC(=O)O. The van der Waals surface area contributed by atoms with Crippen molar-refractivity contribution in [3.63, 3.8) is 0 Å². The number of hydrogen-bond donors (Lipinski definition) is 2. The maximum absolute atomic E-state index is 11.5. The van der Waals surface area contributed by atoms with Crippen LogP contribution in [0.5, 0.6) is 0 Å². The zero-order chi connectivity index (χ0) is 14.4. The van der Waals surface area contributed by atoms with Crippen LogP contribution >= 0.6 is 11.6 Å². The van der Waals surface area contributed by atoms with E-state index in [-0.39, 0.29) is 24.1 Å². The molecular formula is C12H12ClNO5. The molecule has 6 nitrogen and oxygen atoms in total. The Morgan fingerprint density at radius 3 is 2.58 bits per heavy atom. The van der Waals surface area contributed by atoms with Crippen molar-refractivity contribution in [1.82, 2.24) is 0 Å². The van der Waals surface area contributed by atoms with Crippen LogP contribution in [0.2, 0.25) is 5.02 Å². The third kappa shape index (κ3) is 4.59. The molecule has 102 valence electrons. The monoisotopic (exact) mass is 285 g/mol. The Hall–Kier alpha value is -2.08. The molecule has 0 radical (unpaired) electrons. The van der Waals surface area contributed by atoms with E-state index in [9.17, 15) is 14.4 Å². The first-order chi connectivity index (χ1) is 8.93. The maximum Gasteiger partial charge on any atom is 0.340 e. The second-order valence-electron chi connectivity index (χ2n) is 3.62. The van der Waals surface area contributed by atoms with E-state index in [1.807, 2.05) is 0 Å². The zero-order valence-corrected chi connectivity index (χ0v) is 10.9. The molecule has 0 spiro atoms. The molecule has 7 heteroatoms. The van der Waals surface area contributed by atoms with E-state index in [1.54, 1.807) is 0 Å². The first-order valence-corrected chi connectivity index (χ1v) is 5.71. The van der Waals surface area contributed by atoms with Gasteiger partial charge in [0.05, 0.1) is 24.8 Å². The van der Waals surface area contributed by atoms with E-state index < -0.39 is 17.8 Å². The van der Waals surface area contributed by atoms with Gasteiger partial charge >= 0.3 is 11.9 Å². The third-order valence-electron chi connectivity index (χ3n) is 2.23. The van der Waals surface area contributed by atoms with Crippen molar-refractivity contribution in [1.29, 1.82) is 0 Å². The molecule has 0 aromatic heterocycles. The van der Waals surface area contributed by atoms with Gasteiger partial charge in [-0.1, -0.05) is 11.6 Å². The standard InChI is InChI=1S/C12H12ClNO5/c1-19-12(18)8-6-7(13)2-3-9(8)14-10(15)4-5-11(16)17/h2-3,6H,4-5H2,1H3,(H,14,15)(H,16,17). The quantitative estimate of drug-likeness (QED) is 0.806. The molecule has 0 aliphatic heterocycles. The fourth-order valence-electron chi connectivity index (χ4n) is 1.34. The molecule has 0 saturated heterocycles. The van der Waals surface area contributed by atoms with Crippen molar-refractivity contribution in [2.24, 2.45) is 0 Å². The highest BCUT2D eigenvalue weighted by molar-refractivity contribution is 6.31. The number of carboxylic acid groups (broad SMARTS) is 1. The van der Waals surface area contributed by atoms with Crippen molar-refractivity contribution in [2.75, 3.05) is 12.4 Å². The van der Waals surface area contributed by atoms with Crippen LogP contribution in [0.4, 0.5) is 5.69 Å². The van der Waals surface area contributed by atoms with Crippen LogP contribution in [-0.4, -0.2) is 30.1 Å². The number of esters is 1. The van der Waals surface area contributed by atoms with Crippen LogP contribution < -0.4 is 5.32 Å². The van der Waals surface area contributed by atoms with Gasteiger partial charge in [-0.3, -0.25) is 9.59 Å². The van der Waals surface area contributed by atoms with Crippen LogP contribution in [-0.2, 0) is 14.3 Å². The van der Waals surface area contributed by atoms with Gasteiger partial charge in [-0.05, 0) is 18.2 Å².